The Morgan fingerprint density at radius 3 is 2.71 bits per heavy atom. The van der Waals surface area contributed by atoms with Gasteiger partial charge in [-0.3, -0.25) is 0 Å². The second-order valence-corrected chi connectivity index (χ2v) is 7.05. The van der Waals surface area contributed by atoms with E-state index in [0.29, 0.717) is 5.56 Å². The van der Waals surface area contributed by atoms with Crippen molar-refractivity contribution >= 4 is 35.7 Å². The van der Waals surface area contributed by atoms with Crippen LogP contribution in [0.3, 0.4) is 0 Å². The van der Waals surface area contributed by atoms with Crippen molar-refractivity contribution in [3.8, 4) is 5.69 Å². The fourth-order valence-electron chi connectivity index (χ4n) is 1.44. The summed E-state index contributed by atoms with van der Waals surface area (Å²) >= 11 is 3.38. The largest absolute Gasteiger partial charge is 0.240 e. The summed E-state index contributed by atoms with van der Waals surface area (Å²) in [5.74, 6) is -0.188. The van der Waals surface area contributed by atoms with Gasteiger partial charge in [0.2, 0.25) is 9.05 Å². The zero-order valence-corrected chi connectivity index (χ0v) is 11.7. The van der Waals surface area contributed by atoms with Crippen molar-refractivity contribution in [3.63, 3.8) is 0 Å². The van der Waals surface area contributed by atoms with Crippen LogP contribution in [0, 0.1) is 0 Å². The maximum atomic E-state index is 11.0. The molecule has 0 amide bonds. The molecular weight excluding hydrogens is 328 g/mol. The molecule has 0 spiro atoms. The van der Waals surface area contributed by atoms with E-state index in [1.165, 1.54) is 0 Å². The molecule has 1 aromatic heterocycles. The molecule has 0 aliphatic rings. The van der Waals surface area contributed by atoms with Crippen molar-refractivity contribution in [1.82, 2.24) is 9.78 Å². The van der Waals surface area contributed by atoms with Gasteiger partial charge in [-0.05, 0) is 39.7 Å². The molecule has 1 heterocycles. The molecule has 1 aromatic carbocycles. The van der Waals surface area contributed by atoms with Gasteiger partial charge in [0.05, 0.1) is 11.4 Å². The molecule has 17 heavy (non-hydrogen) atoms. The predicted octanol–water partition coefficient (Wildman–Crippen LogP) is 2.70. The number of hydrogen-bond acceptors (Lipinski definition) is 3. The normalized spacial score (nSPS) is 11.6. The molecule has 0 unspecified atom stereocenters. The molecule has 0 saturated carbocycles. The first kappa shape index (κ1) is 12.6. The summed E-state index contributed by atoms with van der Waals surface area (Å²) in [7, 11) is 1.67. The van der Waals surface area contributed by atoms with Crippen molar-refractivity contribution in [3.05, 3.63) is 46.7 Å². The maximum Gasteiger partial charge on any atom is 0.236 e. The molecule has 0 atom stereocenters. The van der Waals surface area contributed by atoms with Crippen LogP contribution in [0.15, 0.2) is 41.1 Å². The molecule has 0 fully saturated rings. The van der Waals surface area contributed by atoms with Crippen LogP contribution in [0.4, 0.5) is 0 Å². The highest BCUT2D eigenvalue weighted by molar-refractivity contribution is 9.10. The monoisotopic (exact) mass is 334 g/mol. The number of benzene rings is 1. The molecule has 7 heteroatoms. The third kappa shape index (κ3) is 3.31. The molecule has 4 nitrogen and oxygen atoms in total. The molecule has 90 valence electrons. The lowest BCUT2D eigenvalue weighted by atomic mass is 10.2. The standard InChI is InChI=1S/C10H8BrClN2O2S/c11-9-6-8(7-17(12,15)16)2-3-10(9)14-5-1-4-13-14/h1-6H,7H2. The van der Waals surface area contributed by atoms with Gasteiger partial charge in [-0.1, -0.05) is 6.07 Å². The van der Waals surface area contributed by atoms with Crippen LogP contribution < -0.4 is 0 Å². The first-order chi connectivity index (χ1) is 7.96. The van der Waals surface area contributed by atoms with Crippen LogP contribution in [0.25, 0.3) is 5.69 Å². The topological polar surface area (TPSA) is 52.0 Å². The molecule has 0 bridgehead atoms. The molecular formula is C10H8BrClN2O2S. The Labute approximate surface area is 112 Å². The van der Waals surface area contributed by atoms with Gasteiger partial charge in [0, 0.05) is 27.5 Å². The summed E-state index contributed by atoms with van der Waals surface area (Å²) in [5.41, 5.74) is 1.47. The van der Waals surface area contributed by atoms with Crippen LogP contribution >= 0.6 is 26.6 Å². The fraction of sp³-hybridized carbons (Fsp3) is 0.100. The highest BCUT2D eigenvalue weighted by Gasteiger charge is 2.09. The summed E-state index contributed by atoms with van der Waals surface area (Å²) in [6, 6.07) is 7.02. The molecule has 2 rings (SSSR count). The first-order valence-corrected chi connectivity index (χ1v) is 7.93. The Bertz CT molecular complexity index is 626. The minimum atomic E-state index is -3.53. The Morgan fingerprint density at radius 1 is 1.41 bits per heavy atom. The number of nitrogens with zero attached hydrogens (tertiary/aromatic N) is 2. The molecule has 0 saturated heterocycles. The smallest absolute Gasteiger partial charge is 0.236 e. The summed E-state index contributed by atoms with van der Waals surface area (Å²) in [5, 5.41) is 4.09. The lowest BCUT2D eigenvalue weighted by Gasteiger charge is -2.06. The zero-order chi connectivity index (χ0) is 12.5. The SMILES string of the molecule is O=S(=O)(Cl)Cc1ccc(-n2cccn2)c(Br)c1. The molecule has 2 aromatic rings. The van der Waals surface area contributed by atoms with Crippen LogP contribution in [0.5, 0.6) is 0 Å². The third-order valence-electron chi connectivity index (χ3n) is 2.10. The third-order valence-corrected chi connectivity index (χ3v) is 3.74. The average Bonchev–Trinajstić information content (AvgIpc) is 2.68. The fourth-order valence-corrected chi connectivity index (χ4v) is 3.00. The summed E-state index contributed by atoms with van der Waals surface area (Å²) in [6.07, 6.45) is 3.47. The van der Waals surface area contributed by atoms with Crippen molar-refractivity contribution in [1.29, 1.82) is 0 Å². The van der Waals surface area contributed by atoms with Crippen molar-refractivity contribution in [2.75, 3.05) is 0 Å². The van der Waals surface area contributed by atoms with E-state index >= 15 is 0 Å². The van der Waals surface area contributed by atoms with Gasteiger partial charge in [0.15, 0.2) is 0 Å². The first-order valence-electron chi connectivity index (χ1n) is 4.66. The Kier molecular flexibility index (Phi) is 3.56. The van der Waals surface area contributed by atoms with E-state index in [9.17, 15) is 8.42 Å². The lowest BCUT2D eigenvalue weighted by Crippen LogP contribution is -1.99. The highest BCUT2D eigenvalue weighted by atomic mass is 79.9. The van der Waals surface area contributed by atoms with Crippen LogP contribution in [0.2, 0.25) is 0 Å². The average molecular weight is 336 g/mol. The molecule has 0 radical (unpaired) electrons. The van der Waals surface area contributed by atoms with Gasteiger partial charge in [0.25, 0.3) is 0 Å². The van der Waals surface area contributed by atoms with E-state index in [1.54, 1.807) is 35.3 Å². The van der Waals surface area contributed by atoms with Gasteiger partial charge in [-0.25, -0.2) is 13.1 Å². The summed E-state index contributed by atoms with van der Waals surface area (Å²) in [6.45, 7) is 0. The van der Waals surface area contributed by atoms with Crippen LogP contribution in [0.1, 0.15) is 5.56 Å². The quantitative estimate of drug-likeness (QED) is 0.810. The molecule has 0 aliphatic carbocycles. The van der Waals surface area contributed by atoms with E-state index in [1.807, 2.05) is 6.07 Å². The van der Waals surface area contributed by atoms with Crippen molar-refractivity contribution < 1.29 is 8.42 Å². The molecule has 0 aliphatic heterocycles. The van der Waals surface area contributed by atoms with Gasteiger partial charge in [0.1, 0.15) is 0 Å². The van der Waals surface area contributed by atoms with E-state index in [2.05, 4.69) is 21.0 Å². The second kappa shape index (κ2) is 4.80. The summed E-state index contributed by atoms with van der Waals surface area (Å²) < 4.78 is 24.4. The van der Waals surface area contributed by atoms with E-state index in [4.69, 9.17) is 10.7 Å². The van der Waals surface area contributed by atoms with E-state index in [-0.39, 0.29) is 5.75 Å². The second-order valence-electron chi connectivity index (χ2n) is 3.42. The molecule has 0 N–H and O–H groups in total. The number of halogens is 2. The number of hydrogen-bond donors (Lipinski definition) is 0. The van der Waals surface area contributed by atoms with Gasteiger partial charge >= 0.3 is 0 Å². The van der Waals surface area contributed by atoms with Crippen LogP contribution in [-0.2, 0) is 14.8 Å². The maximum absolute atomic E-state index is 11.0. The Balaban J connectivity index is 2.36. The minimum Gasteiger partial charge on any atom is -0.240 e. The highest BCUT2D eigenvalue weighted by Crippen LogP contribution is 2.23. The van der Waals surface area contributed by atoms with E-state index < -0.39 is 9.05 Å². The summed E-state index contributed by atoms with van der Waals surface area (Å²) in [4.78, 5) is 0. The van der Waals surface area contributed by atoms with Crippen LogP contribution in [-0.4, -0.2) is 18.2 Å². The van der Waals surface area contributed by atoms with Crippen molar-refractivity contribution in [2.45, 2.75) is 5.75 Å². The van der Waals surface area contributed by atoms with E-state index in [0.717, 1.165) is 10.2 Å². The number of aromatic nitrogens is 2. The lowest BCUT2D eigenvalue weighted by molar-refractivity contribution is 0.609. The van der Waals surface area contributed by atoms with Gasteiger partial charge in [-0.15, -0.1) is 0 Å². The number of rotatable bonds is 3. The Hall–Kier alpha value is -0.850. The van der Waals surface area contributed by atoms with Crippen molar-refractivity contribution in [2.24, 2.45) is 0 Å². The Morgan fingerprint density at radius 2 is 2.18 bits per heavy atom. The zero-order valence-electron chi connectivity index (χ0n) is 8.55. The van der Waals surface area contributed by atoms with Gasteiger partial charge in [-0.2, -0.15) is 5.10 Å². The minimum absolute atomic E-state index is 0.188. The van der Waals surface area contributed by atoms with Gasteiger partial charge < -0.3 is 0 Å². The predicted molar refractivity (Wildman–Crippen MR) is 69.7 cm³/mol.